The predicted molar refractivity (Wildman–Crippen MR) is 54.5 cm³/mol. The fraction of sp³-hybridized carbons (Fsp3) is 0.417. The zero-order valence-electron chi connectivity index (χ0n) is 8.30. The lowest BCUT2D eigenvalue weighted by Gasteiger charge is -2.09. The Morgan fingerprint density at radius 1 is 1.15 bits per heavy atom. The van der Waals surface area contributed by atoms with Crippen LogP contribution in [0.3, 0.4) is 0 Å². The second-order valence-electron chi connectivity index (χ2n) is 3.10. The van der Waals surface area contributed by atoms with Crippen LogP contribution in [-0.2, 0) is 19.3 Å². The molecular weight excluding hydrogens is 158 g/mol. The van der Waals surface area contributed by atoms with Gasteiger partial charge in [0.2, 0.25) is 0 Å². The van der Waals surface area contributed by atoms with Gasteiger partial charge in [-0.1, -0.05) is 32.0 Å². The van der Waals surface area contributed by atoms with Crippen LogP contribution >= 0.6 is 0 Å². The molecule has 0 bridgehead atoms. The van der Waals surface area contributed by atoms with E-state index in [1.165, 1.54) is 16.7 Å². The first-order chi connectivity index (χ1) is 6.33. The molecule has 0 saturated carbocycles. The number of aryl methyl sites for hydroxylation is 1. The molecule has 0 aliphatic carbocycles. The van der Waals surface area contributed by atoms with Crippen molar-refractivity contribution < 1.29 is 0 Å². The van der Waals surface area contributed by atoms with Crippen LogP contribution in [0, 0.1) is 11.3 Å². The van der Waals surface area contributed by atoms with Gasteiger partial charge in [-0.15, -0.1) is 0 Å². The molecule has 1 aromatic carbocycles. The van der Waals surface area contributed by atoms with E-state index in [9.17, 15) is 0 Å². The molecule has 0 amide bonds. The standard InChI is InChI=1S/C12H15N/c1-3-10-6-5-7-11(8-9-13)12(10)4-2/h5-7H,3-4,8H2,1-2H3. The third-order valence-electron chi connectivity index (χ3n) is 2.37. The molecule has 13 heavy (non-hydrogen) atoms. The molecule has 0 atom stereocenters. The number of nitrogens with zero attached hydrogens (tertiary/aromatic N) is 1. The van der Waals surface area contributed by atoms with Gasteiger partial charge in [0, 0.05) is 0 Å². The maximum atomic E-state index is 8.65. The smallest absolute Gasteiger partial charge is 0.0669 e. The monoisotopic (exact) mass is 173 g/mol. The molecule has 0 aliphatic heterocycles. The van der Waals surface area contributed by atoms with Gasteiger partial charge in [0.05, 0.1) is 12.5 Å². The van der Waals surface area contributed by atoms with Crippen molar-refractivity contribution in [2.45, 2.75) is 33.1 Å². The third-order valence-corrected chi connectivity index (χ3v) is 2.37. The van der Waals surface area contributed by atoms with E-state index in [1.807, 2.05) is 6.07 Å². The average molecular weight is 173 g/mol. The molecule has 0 N–H and O–H groups in total. The van der Waals surface area contributed by atoms with E-state index in [1.54, 1.807) is 0 Å². The maximum Gasteiger partial charge on any atom is 0.0669 e. The minimum atomic E-state index is 0.539. The molecule has 0 heterocycles. The highest BCUT2D eigenvalue weighted by molar-refractivity contribution is 5.36. The summed E-state index contributed by atoms with van der Waals surface area (Å²) in [5.41, 5.74) is 3.95. The van der Waals surface area contributed by atoms with Gasteiger partial charge in [0.1, 0.15) is 0 Å². The highest BCUT2D eigenvalue weighted by Gasteiger charge is 2.03. The van der Waals surface area contributed by atoms with E-state index >= 15 is 0 Å². The van der Waals surface area contributed by atoms with Gasteiger partial charge in [0.15, 0.2) is 0 Å². The van der Waals surface area contributed by atoms with E-state index in [0.29, 0.717) is 6.42 Å². The van der Waals surface area contributed by atoms with Crippen molar-refractivity contribution in [1.29, 1.82) is 5.26 Å². The predicted octanol–water partition coefficient (Wildman–Crippen LogP) is 2.88. The lowest BCUT2D eigenvalue weighted by Crippen LogP contribution is -1.97. The largest absolute Gasteiger partial charge is 0.198 e. The minimum Gasteiger partial charge on any atom is -0.198 e. The minimum absolute atomic E-state index is 0.539. The fourth-order valence-electron chi connectivity index (χ4n) is 1.72. The average Bonchev–Trinajstić information content (AvgIpc) is 2.18. The molecule has 0 fully saturated rings. The number of nitriles is 1. The molecule has 0 aliphatic rings. The summed E-state index contributed by atoms with van der Waals surface area (Å²) in [5.74, 6) is 0. The molecule has 0 radical (unpaired) electrons. The summed E-state index contributed by atoms with van der Waals surface area (Å²) in [6.45, 7) is 4.31. The van der Waals surface area contributed by atoms with Gasteiger partial charge in [-0.25, -0.2) is 0 Å². The normalized spacial score (nSPS) is 9.62. The highest BCUT2D eigenvalue weighted by Crippen LogP contribution is 2.16. The second-order valence-corrected chi connectivity index (χ2v) is 3.10. The van der Waals surface area contributed by atoms with Crippen LogP contribution in [0.15, 0.2) is 18.2 Å². The van der Waals surface area contributed by atoms with Gasteiger partial charge < -0.3 is 0 Å². The first kappa shape index (κ1) is 9.80. The molecular formula is C12H15N. The molecule has 0 spiro atoms. The summed E-state index contributed by atoms with van der Waals surface area (Å²) >= 11 is 0. The number of benzene rings is 1. The second kappa shape index (κ2) is 4.67. The van der Waals surface area contributed by atoms with Gasteiger partial charge in [-0.3, -0.25) is 0 Å². The Bertz CT molecular complexity index is 320. The lowest BCUT2D eigenvalue weighted by molar-refractivity contribution is 1.00. The van der Waals surface area contributed by atoms with Crippen molar-refractivity contribution in [2.75, 3.05) is 0 Å². The van der Waals surface area contributed by atoms with E-state index in [0.717, 1.165) is 12.8 Å². The SMILES string of the molecule is CCc1cccc(CC#N)c1CC. The summed E-state index contributed by atoms with van der Waals surface area (Å²) in [6.07, 6.45) is 2.63. The van der Waals surface area contributed by atoms with Crippen LogP contribution in [0.5, 0.6) is 0 Å². The van der Waals surface area contributed by atoms with Crippen molar-refractivity contribution >= 4 is 0 Å². The Morgan fingerprint density at radius 2 is 1.85 bits per heavy atom. The summed E-state index contributed by atoms with van der Waals surface area (Å²) < 4.78 is 0. The Hall–Kier alpha value is -1.29. The number of hydrogen-bond acceptors (Lipinski definition) is 1. The molecule has 1 heteroatoms. The van der Waals surface area contributed by atoms with Crippen molar-refractivity contribution in [1.82, 2.24) is 0 Å². The number of hydrogen-bond donors (Lipinski definition) is 0. The zero-order valence-corrected chi connectivity index (χ0v) is 8.30. The molecule has 1 nitrogen and oxygen atoms in total. The van der Waals surface area contributed by atoms with Crippen LogP contribution in [0.4, 0.5) is 0 Å². The van der Waals surface area contributed by atoms with E-state index in [-0.39, 0.29) is 0 Å². The van der Waals surface area contributed by atoms with Gasteiger partial charge in [0.25, 0.3) is 0 Å². The summed E-state index contributed by atoms with van der Waals surface area (Å²) in [4.78, 5) is 0. The summed E-state index contributed by atoms with van der Waals surface area (Å²) in [6, 6.07) is 8.47. The zero-order chi connectivity index (χ0) is 9.68. The van der Waals surface area contributed by atoms with Crippen LogP contribution in [-0.4, -0.2) is 0 Å². The number of rotatable bonds is 3. The first-order valence-corrected chi connectivity index (χ1v) is 4.80. The Labute approximate surface area is 80.0 Å². The van der Waals surface area contributed by atoms with Gasteiger partial charge in [-0.2, -0.15) is 5.26 Å². The summed E-state index contributed by atoms with van der Waals surface area (Å²) in [7, 11) is 0. The Kier molecular flexibility index (Phi) is 3.52. The maximum absolute atomic E-state index is 8.65. The molecule has 0 saturated heterocycles. The third kappa shape index (κ3) is 2.09. The first-order valence-electron chi connectivity index (χ1n) is 4.80. The van der Waals surface area contributed by atoms with Crippen molar-refractivity contribution in [3.8, 4) is 6.07 Å². The van der Waals surface area contributed by atoms with E-state index in [2.05, 4.69) is 32.0 Å². The molecule has 68 valence electrons. The molecule has 0 unspecified atom stereocenters. The van der Waals surface area contributed by atoms with Gasteiger partial charge >= 0.3 is 0 Å². The molecule has 1 rings (SSSR count). The van der Waals surface area contributed by atoms with Gasteiger partial charge in [-0.05, 0) is 29.5 Å². The molecule has 1 aromatic rings. The fourth-order valence-corrected chi connectivity index (χ4v) is 1.72. The van der Waals surface area contributed by atoms with Crippen molar-refractivity contribution in [2.24, 2.45) is 0 Å². The molecule has 0 aromatic heterocycles. The van der Waals surface area contributed by atoms with Crippen LogP contribution in [0.25, 0.3) is 0 Å². The summed E-state index contributed by atoms with van der Waals surface area (Å²) in [5, 5.41) is 8.65. The van der Waals surface area contributed by atoms with E-state index in [4.69, 9.17) is 5.26 Å². The van der Waals surface area contributed by atoms with Crippen molar-refractivity contribution in [3.05, 3.63) is 34.9 Å². The Balaban J connectivity index is 3.12. The lowest BCUT2D eigenvalue weighted by atomic mass is 9.96. The highest BCUT2D eigenvalue weighted by atomic mass is 14.2. The van der Waals surface area contributed by atoms with Crippen LogP contribution < -0.4 is 0 Å². The van der Waals surface area contributed by atoms with E-state index < -0.39 is 0 Å². The van der Waals surface area contributed by atoms with Crippen LogP contribution in [0.1, 0.15) is 30.5 Å². The quantitative estimate of drug-likeness (QED) is 0.689. The topological polar surface area (TPSA) is 23.8 Å². The Morgan fingerprint density at radius 3 is 2.38 bits per heavy atom. The van der Waals surface area contributed by atoms with Crippen molar-refractivity contribution in [3.63, 3.8) is 0 Å². The van der Waals surface area contributed by atoms with Crippen LogP contribution in [0.2, 0.25) is 0 Å².